The van der Waals surface area contributed by atoms with Crippen LogP contribution in [-0.2, 0) is 0 Å². The second kappa shape index (κ2) is 6.47. The first kappa shape index (κ1) is 15.2. The third-order valence-electron chi connectivity index (χ3n) is 2.71. The highest BCUT2D eigenvalue weighted by molar-refractivity contribution is 6.34. The summed E-state index contributed by atoms with van der Waals surface area (Å²) in [5, 5.41) is 14.9. The molecule has 0 aliphatic heterocycles. The van der Waals surface area contributed by atoms with Gasteiger partial charge in [-0.25, -0.2) is 0 Å². The molecular formula is C14H11Cl2N3O2. The second-order valence-electron chi connectivity index (χ2n) is 4.14. The Labute approximate surface area is 131 Å². The van der Waals surface area contributed by atoms with Crippen molar-refractivity contribution in [3.63, 3.8) is 0 Å². The lowest BCUT2D eigenvalue weighted by Crippen LogP contribution is -2.15. The number of halogens is 2. The number of nitrogens with one attached hydrogen (secondary N) is 1. The molecule has 4 N–H and O–H groups in total. The fraction of sp³-hybridized carbons (Fsp3) is 0. The van der Waals surface area contributed by atoms with Gasteiger partial charge in [0.05, 0.1) is 10.7 Å². The first-order valence-electron chi connectivity index (χ1n) is 5.85. The highest BCUT2D eigenvalue weighted by atomic mass is 35.5. The quantitative estimate of drug-likeness (QED) is 0.350. The van der Waals surface area contributed by atoms with Crippen LogP contribution in [0.25, 0.3) is 0 Å². The molecule has 2 aromatic carbocycles. The average Bonchev–Trinajstić information content (AvgIpc) is 2.48. The number of hydrogen-bond donors (Lipinski definition) is 3. The van der Waals surface area contributed by atoms with E-state index in [-0.39, 0.29) is 16.8 Å². The molecular weight excluding hydrogens is 313 g/mol. The Hall–Kier alpha value is -2.24. The highest BCUT2D eigenvalue weighted by Gasteiger charge is 2.10. The van der Waals surface area contributed by atoms with Gasteiger partial charge in [0, 0.05) is 16.1 Å². The van der Waals surface area contributed by atoms with Crippen LogP contribution in [0.1, 0.15) is 15.9 Å². The number of nitrogens with two attached hydrogens (primary N) is 1. The summed E-state index contributed by atoms with van der Waals surface area (Å²) in [4.78, 5) is 12.1. The van der Waals surface area contributed by atoms with Gasteiger partial charge in [0.15, 0.2) is 5.84 Å². The van der Waals surface area contributed by atoms with Gasteiger partial charge in [-0.1, -0.05) is 34.4 Å². The Bertz CT molecular complexity index is 717. The SMILES string of the molecule is N/C(=N/O)c1ccc(NC(=O)c2cccc(Cl)c2)c(Cl)c1. The number of amidine groups is 1. The monoisotopic (exact) mass is 323 g/mol. The minimum absolute atomic E-state index is 0.0652. The summed E-state index contributed by atoms with van der Waals surface area (Å²) in [6.07, 6.45) is 0. The summed E-state index contributed by atoms with van der Waals surface area (Å²) in [5.41, 5.74) is 6.74. The number of benzene rings is 2. The van der Waals surface area contributed by atoms with Crippen LogP contribution in [0, 0.1) is 0 Å². The van der Waals surface area contributed by atoms with Gasteiger partial charge in [0.25, 0.3) is 5.91 Å². The molecule has 2 rings (SSSR count). The van der Waals surface area contributed by atoms with Crippen molar-refractivity contribution in [3.8, 4) is 0 Å². The lowest BCUT2D eigenvalue weighted by atomic mass is 10.1. The molecule has 7 heteroatoms. The first-order chi connectivity index (χ1) is 10.0. The number of anilines is 1. The number of hydrogen-bond acceptors (Lipinski definition) is 3. The fourth-order valence-electron chi connectivity index (χ4n) is 1.66. The van der Waals surface area contributed by atoms with Crippen LogP contribution in [-0.4, -0.2) is 17.0 Å². The number of amides is 1. The molecule has 0 saturated heterocycles. The molecule has 0 aliphatic carbocycles. The zero-order chi connectivity index (χ0) is 15.4. The minimum Gasteiger partial charge on any atom is -0.409 e. The van der Waals surface area contributed by atoms with Crippen molar-refractivity contribution in [1.82, 2.24) is 0 Å². The molecule has 0 unspecified atom stereocenters. The summed E-state index contributed by atoms with van der Waals surface area (Å²) in [6.45, 7) is 0. The molecule has 0 saturated carbocycles. The zero-order valence-electron chi connectivity index (χ0n) is 10.7. The van der Waals surface area contributed by atoms with E-state index < -0.39 is 0 Å². The molecule has 0 fully saturated rings. The molecule has 0 radical (unpaired) electrons. The van der Waals surface area contributed by atoms with E-state index in [4.69, 9.17) is 34.1 Å². The van der Waals surface area contributed by atoms with Crippen LogP contribution < -0.4 is 11.1 Å². The average molecular weight is 324 g/mol. The maximum Gasteiger partial charge on any atom is 0.255 e. The van der Waals surface area contributed by atoms with Crippen LogP contribution in [0.15, 0.2) is 47.6 Å². The van der Waals surface area contributed by atoms with Crippen molar-refractivity contribution in [2.45, 2.75) is 0 Å². The van der Waals surface area contributed by atoms with Crippen molar-refractivity contribution >= 4 is 40.6 Å². The number of nitrogens with zero attached hydrogens (tertiary/aromatic N) is 1. The van der Waals surface area contributed by atoms with E-state index in [1.54, 1.807) is 36.4 Å². The summed E-state index contributed by atoms with van der Waals surface area (Å²) in [6, 6.07) is 11.2. The van der Waals surface area contributed by atoms with E-state index in [1.165, 1.54) is 6.07 Å². The van der Waals surface area contributed by atoms with Gasteiger partial charge in [0.2, 0.25) is 0 Å². The standard InChI is InChI=1S/C14H11Cl2N3O2/c15-10-3-1-2-9(6-10)14(20)18-12-5-4-8(7-11(12)16)13(17)19-21/h1-7,21H,(H2,17,19)(H,18,20). The molecule has 1 amide bonds. The maximum absolute atomic E-state index is 12.1. The molecule has 108 valence electrons. The summed E-state index contributed by atoms with van der Waals surface area (Å²) < 4.78 is 0. The Morgan fingerprint density at radius 1 is 1.14 bits per heavy atom. The smallest absolute Gasteiger partial charge is 0.255 e. The lowest BCUT2D eigenvalue weighted by Gasteiger charge is -2.09. The van der Waals surface area contributed by atoms with E-state index in [2.05, 4.69) is 10.5 Å². The van der Waals surface area contributed by atoms with Crippen molar-refractivity contribution in [1.29, 1.82) is 0 Å². The van der Waals surface area contributed by atoms with Gasteiger partial charge in [-0.15, -0.1) is 0 Å². The van der Waals surface area contributed by atoms with Gasteiger partial charge in [0.1, 0.15) is 0 Å². The van der Waals surface area contributed by atoms with E-state index >= 15 is 0 Å². The van der Waals surface area contributed by atoms with E-state index in [1.807, 2.05) is 0 Å². The van der Waals surface area contributed by atoms with Crippen LogP contribution in [0.4, 0.5) is 5.69 Å². The number of carbonyl (C=O) groups excluding carboxylic acids is 1. The molecule has 2 aromatic rings. The summed E-state index contributed by atoms with van der Waals surface area (Å²) in [5.74, 6) is -0.402. The zero-order valence-corrected chi connectivity index (χ0v) is 12.2. The number of oxime groups is 1. The lowest BCUT2D eigenvalue weighted by molar-refractivity contribution is 0.102. The van der Waals surface area contributed by atoms with Gasteiger partial charge >= 0.3 is 0 Å². The summed E-state index contributed by atoms with van der Waals surface area (Å²) in [7, 11) is 0. The minimum atomic E-state index is -0.337. The van der Waals surface area contributed by atoms with Crippen molar-refractivity contribution in [2.75, 3.05) is 5.32 Å². The first-order valence-corrected chi connectivity index (χ1v) is 6.61. The molecule has 0 heterocycles. The maximum atomic E-state index is 12.1. The molecule has 0 aromatic heterocycles. The Morgan fingerprint density at radius 2 is 1.90 bits per heavy atom. The topological polar surface area (TPSA) is 87.7 Å². The fourth-order valence-corrected chi connectivity index (χ4v) is 2.08. The Morgan fingerprint density at radius 3 is 2.52 bits per heavy atom. The number of rotatable bonds is 3. The molecule has 0 spiro atoms. The molecule has 0 atom stereocenters. The number of carbonyl (C=O) groups is 1. The van der Waals surface area contributed by atoms with Crippen molar-refractivity contribution in [3.05, 3.63) is 63.6 Å². The predicted molar refractivity (Wildman–Crippen MR) is 83.4 cm³/mol. The third-order valence-corrected chi connectivity index (χ3v) is 3.26. The second-order valence-corrected chi connectivity index (χ2v) is 4.99. The predicted octanol–water partition coefficient (Wildman–Crippen LogP) is 3.34. The molecule has 0 aliphatic rings. The Kier molecular flexibility index (Phi) is 4.67. The van der Waals surface area contributed by atoms with Crippen LogP contribution >= 0.6 is 23.2 Å². The van der Waals surface area contributed by atoms with Crippen molar-refractivity contribution in [2.24, 2.45) is 10.9 Å². The van der Waals surface area contributed by atoms with Crippen LogP contribution in [0.2, 0.25) is 10.0 Å². The summed E-state index contributed by atoms with van der Waals surface area (Å²) >= 11 is 11.9. The molecule has 0 bridgehead atoms. The Balaban J connectivity index is 2.22. The van der Waals surface area contributed by atoms with Crippen molar-refractivity contribution < 1.29 is 10.0 Å². The third kappa shape index (κ3) is 3.65. The molecule has 21 heavy (non-hydrogen) atoms. The normalized spacial score (nSPS) is 11.2. The van der Waals surface area contributed by atoms with Gasteiger partial charge in [-0.2, -0.15) is 0 Å². The van der Waals surface area contributed by atoms with Gasteiger partial charge in [-0.3, -0.25) is 4.79 Å². The van der Waals surface area contributed by atoms with E-state index in [0.29, 0.717) is 21.8 Å². The van der Waals surface area contributed by atoms with E-state index in [0.717, 1.165) is 0 Å². The molecule has 5 nitrogen and oxygen atoms in total. The van der Waals surface area contributed by atoms with Gasteiger partial charge < -0.3 is 16.3 Å². The van der Waals surface area contributed by atoms with Crippen LogP contribution in [0.3, 0.4) is 0 Å². The van der Waals surface area contributed by atoms with Gasteiger partial charge in [-0.05, 0) is 36.4 Å². The van der Waals surface area contributed by atoms with E-state index in [9.17, 15) is 4.79 Å². The van der Waals surface area contributed by atoms with Crippen LogP contribution in [0.5, 0.6) is 0 Å². The largest absolute Gasteiger partial charge is 0.409 e. The highest BCUT2D eigenvalue weighted by Crippen LogP contribution is 2.24.